The van der Waals surface area contributed by atoms with Crippen molar-refractivity contribution < 1.29 is 4.79 Å². The van der Waals surface area contributed by atoms with Gasteiger partial charge < -0.3 is 10.6 Å². The summed E-state index contributed by atoms with van der Waals surface area (Å²) in [6, 6.07) is 3.68. The van der Waals surface area contributed by atoms with Crippen molar-refractivity contribution in [3.8, 4) is 0 Å². The number of aromatic nitrogens is 1. The highest BCUT2D eigenvalue weighted by Gasteiger charge is 2.15. The number of hydrogen-bond acceptors (Lipinski definition) is 5. The van der Waals surface area contributed by atoms with Gasteiger partial charge in [0.2, 0.25) is 0 Å². The number of rotatable bonds is 6. The predicted octanol–water partition coefficient (Wildman–Crippen LogP) is 2.48. The lowest BCUT2D eigenvalue weighted by Gasteiger charge is -2.21. The van der Waals surface area contributed by atoms with Crippen LogP contribution in [0.3, 0.4) is 0 Å². The molecule has 1 aromatic heterocycles. The fourth-order valence-corrected chi connectivity index (χ4v) is 4.46. The third-order valence-corrected chi connectivity index (χ3v) is 5.80. The summed E-state index contributed by atoms with van der Waals surface area (Å²) >= 11 is 3.92. The van der Waals surface area contributed by atoms with Crippen LogP contribution in [0.5, 0.6) is 0 Å². The number of anilines is 1. The molecule has 1 atom stereocenters. The molecule has 110 valence electrons. The van der Waals surface area contributed by atoms with E-state index in [4.69, 9.17) is 0 Å². The van der Waals surface area contributed by atoms with E-state index in [9.17, 15) is 4.79 Å². The summed E-state index contributed by atoms with van der Waals surface area (Å²) in [5, 5.41) is 6.73. The molecule has 1 unspecified atom stereocenters. The van der Waals surface area contributed by atoms with E-state index >= 15 is 0 Å². The van der Waals surface area contributed by atoms with E-state index in [1.54, 1.807) is 6.20 Å². The van der Waals surface area contributed by atoms with Crippen LogP contribution in [0.2, 0.25) is 0 Å². The summed E-state index contributed by atoms with van der Waals surface area (Å²) in [6.45, 7) is 3.75. The Morgan fingerprint density at radius 2 is 2.35 bits per heavy atom. The molecule has 0 aliphatic carbocycles. The van der Waals surface area contributed by atoms with Crippen molar-refractivity contribution in [3.05, 3.63) is 23.9 Å². The largest absolute Gasteiger partial charge is 0.370 e. The minimum absolute atomic E-state index is 0.0317. The van der Waals surface area contributed by atoms with E-state index in [0.29, 0.717) is 10.8 Å². The van der Waals surface area contributed by atoms with E-state index in [2.05, 4.69) is 22.5 Å². The minimum Gasteiger partial charge on any atom is -0.370 e. The minimum atomic E-state index is -0.0317. The van der Waals surface area contributed by atoms with Crippen molar-refractivity contribution in [2.24, 2.45) is 0 Å². The van der Waals surface area contributed by atoms with Crippen LogP contribution in [0, 0.1) is 0 Å². The fourth-order valence-electron chi connectivity index (χ4n) is 1.85. The van der Waals surface area contributed by atoms with Gasteiger partial charge in [0.25, 0.3) is 5.91 Å². The van der Waals surface area contributed by atoms with Gasteiger partial charge in [0.05, 0.1) is 5.56 Å². The Bertz CT molecular complexity index is 419. The van der Waals surface area contributed by atoms with Crippen LogP contribution in [-0.2, 0) is 0 Å². The smallest absolute Gasteiger partial charge is 0.252 e. The molecule has 1 fully saturated rings. The molecule has 1 aliphatic rings. The molecule has 0 spiro atoms. The van der Waals surface area contributed by atoms with Crippen molar-refractivity contribution >= 4 is 35.2 Å². The first-order valence-electron chi connectivity index (χ1n) is 6.97. The van der Waals surface area contributed by atoms with Gasteiger partial charge in [0.15, 0.2) is 0 Å². The first-order valence-corrected chi connectivity index (χ1v) is 9.17. The fraction of sp³-hybridized carbons (Fsp3) is 0.571. The quantitative estimate of drug-likeness (QED) is 0.845. The molecule has 1 aliphatic heterocycles. The van der Waals surface area contributed by atoms with Gasteiger partial charge in [-0.3, -0.25) is 4.79 Å². The molecule has 20 heavy (non-hydrogen) atoms. The first kappa shape index (κ1) is 15.5. The highest BCUT2D eigenvalue weighted by molar-refractivity contribution is 8.06. The maximum absolute atomic E-state index is 12.0. The number of carbonyl (C=O) groups excluding carboxylic acids is 1. The average Bonchev–Trinajstić information content (AvgIpc) is 2.52. The standard InChI is InChI=1S/C14H21N3OS2/c1-2-5-15-13-4-3-11(8-16-13)14(18)17-9-12-10-19-6-7-20-12/h3-4,8,12H,2,5-7,9-10H2,1H3,(H,15,16)(H,17,18). The summed E-state index contributed by atoms with van der Waals surface area (Å²) in [7, 11) is 0. The van der Waals surface area contributed by atoms with Gasteiger partial charge in [-0.05, 0) is 18.6 Å². The molecule has 1 amide bonds. The summed E-state index contributed by atoms with van der Waals surface area (Å²) in [6.07, 6.45) is 2.69. The molecule has 0 radical (unpaired) electrons. The summed E-state index contributed by atoms with van der Waals surface area (Å²) in [5.41, 5.74) is 0.625. The zero-order valence-electron chi connectivity index (χ0n) is 11.7. The third-order valence-electron chi connectivity index (χ3n) is 2.96. The van der Waals surface area contributed by atoms with Gasteiger partial charge in [-0.25, -0.2) is 4.98 Å². The monoisotopic (exact) mass is 311 g/mol. The first-order chi connectivity index (χ1) is 9.79. The Balaban J connectivity index is 1.79. The third kappa shape index (κ3) is 4.90. The molecule has 0 saturated carbocycles. The van der Waals surface area contributed by atoms with Gasteiger partial charge in [0, 0.05) is 41.8 Å². The van der Waals surface area contributed by atoms with Crippen LogP contribution in [0.1, 0.15) is 23.7 Å². The van der Waals surface area contributed by atoms with Crippen LogP contribution in [0.15, 0.2) is 18.3 Å². The van der Waals surface area contributed by atoms with Gasteiger partial charge in [0.1, 0.15) is 5.82 Å². The van der Waals surface area contributed by atoms with E-state index in [1.165, 1.54) is 11.5 Å². The topological polar surface area (TPSA) is 54.0 Å². The number of thioether (sulfide) groups is 2. The zero-order valence-corrected chi connectivity index (χ0v) is 13.4. The summed E-state index contributed by atoms with van der Waals surface area (Å²) < 4.78 is 0. The van der Waals surface area contributed by atoms with Gasteiger partial charge >= 0.3 is 0 Å². The highest BCUT2D eigenvalue weighted by Crippen LogP contribution is 2.23. The predicted molar refractivity (Wildman–Crippen MR) is 88.9 cm³/mol. The molecule has 1 saturated heterocycles. The Morgan fingerprint density at radius 1 is 1.45 bits per heavy atom. The van der Waals surface area contributed by atoms with Crippen molar-refractivity contribution in [2.75, 3.05) is 35.7 Å². The summed E-state index contributed by atoms with van der Waals surface area (Å²) in [4.78, 5) is 16.3. The molecule has 4 nitrogen and oxygen atoms in total. The van der Waals surface area contributed by atoms with E-state index in [1.807, 2.05) is 35.7 Å². The number of carbonyl (C=O) groups is 1. The molecule has 2 rings (SSSR count). The molecule has 2 heterocycles. The van der Waals surface area contributed by atoms with Gasteiger partial charge in [-0.1, -0.05) is 6.92 Å². The zero-order chi connectivity index (χ0) is 14.2. The van der Waals surface area contributed by atoms with Crippen molar-refractivity contribution in [1.82, 2.24) is 10.3 Å². The van der Waals surface area contributed by atoms with E-state index in [0.717, 1.165) is 31.1 Å². The van der Waals surface area contributed by atoms with Crippen LogP contribution in [0.25, 0.3) is 0 Å². The molecule has 2 N–H and O–H groups in total. The van der Waals surface area contributed by atoms with Gasteiger partial charge in [-0.15, -0.1) is 0 Å². The second-order valence-electron chi connectivity index (χ2n) is 4.64. The number of nitrogens with zero attached hydrogens (tertiary/aromatic N) is 1. The molecule has 0 bridgehead atoms. The van der Waals surface area contributed by atoms with Crippen LogP contribution >= 0.6 is 23.5 Å². The Morgan fingerprint density at radius 3 is 3.00 bits per heavy atom. The number of pyridine rings is 1. The molecular weight excluding hydrogens is 290 g/mol. The van der Waals surface area contributed by atoms with Crippen molar-refractivity contribution in [2.45, 2.75) is 18.6 Å². The average molecular weight is 311 g/mol. The molecule has 0 aromatic carbocycles. The lowest BCUT2D eigenvalue weighted by atomic mass is 10.2. The van der Waals surface area contributed by atoms with Crippen LogP contribution in [-0.4, -0.2) is 46.5 Å². The van der Waals surface area contributed by atoms with Crippen LogP contribution in [0.4, 0.5) is 5.82 Å². The second kappa shape index (κ2) is 8.42. The Hall–Kier alpha value is -0.880. The SMILES string of the molecule is CCCNc1ccc(C(=O)NCC2CSCCS2)cn1. The van der Waals surface area contributed by atoms with Gasteiger partial charge in [-0.2, -0.15) is 23.5 Å². The van der Waals surface area contributed by atoms with E-state index < -0.39 is 0 Å². The Labute approximate surface area is 128 Å². The maximum Gasteiger partial charge on any atom is 0.252 e. The summed E-state index contributed by atoms with van der Waals surface area (Å²) in [5.74, 6) is 4.33. The molecular formula is C14H21N3OS2. The highest BCUT2D eigenvalue weighted by atomic mass is 32.2. The second-order valence-corrected chi connectivity index (χ2v) is 7.19. The lowest BCUT2D eigenvalue weighted by molar-refractivity contribution is 0.0954. The van der Waals surface area contributed by atoms with Crippen molar-refractivity contribution in [3.63, 3.8) is 0 Å². The van der Waals surface area contributed by atoms with Crippen molar-refractivity contribution in [1.29, 1.82) is 0 Å². The maximum atomic E-state index is 12.0. The normalized spacial score (nSPS) is 18.6. The molecule has 1 aromatic rings. The Kier molecular flexibility index (Phi) is 6.53. The number of amides is 1. The van der Waals surface area contributed by atoms with Crippen LogP contribution < -0.4 is 10.6 Å². The number of hydrogen-bond donors (Lipinski definition) is 2. The lowest BCUT2D eigenvalue weighted by Crippen LogP contribution is -2.33. The number of nitrogens with one attached hydrogen (secondary N) is 2. The molecule has 6 heteroatoms. The van der Waals surface area contributed by atoms with E-state index in [-0.39, 0.29) is 5.91 Å².